The third-order valence-electron chi connectivity index (χ3n) is 1.93. The molecule has 0 fully saturated rings. The van der Waals surface area contributed by atoms with E-state index < -0.39 is 0 Å². The molecule has 0 aliphatic carbocycles. The number of rotatable bonds is 4. The van der Waals surface area contributed by atoms with Crippen LogP contribution in [-0.4, -0.2) is 0 Å². The molecule has 1 heteroatoms. The maximum Gasteiger partial charge on any atom is 0.0156 e. The van der Waals surface area contributed by atoms with Crippen LogP contribution in [0.5, 0.6) is 0 Å². The lowest BCUT2D eigenvalue weighted by Gasteiger charge is -2.06. The van der Waals surface area contributed by atoms with Crippen molar-refractivity contribution < 1.29 is 0 Å². The molecule has 13 heavy (non-hydrogen) atoms. The van der Waals surface area contributed by atoms with Crippen LogP contribution in [0.3, 0.4) is 0 Å². The summed E-state index contributed by atoms with van der Waals surface area (Å²) in [5.41, 5.74) is 3.31. The van der Waals surface area contributed by atoms with Crippen LogP contribution in [0.2, 0.25) is 0 Å². The van der Waals surface area contributed by atoms with Crippen LogP contribution >= 0.6 is 11.6 Å². The van der Waals surface area contributed by atoms with Crippen LogP contribution in [-0.2, 0) is 0 Å². The number of halogens is 1. The zero-order valence-electron chi connectivity index (χ0n) is 8.65. The molecule has 0 aromatic heterocycles. The molecular weight excluding hydrogens is 180 g/mol. The first-order valence-electron chi connectivity index (χ1n) is 4.38. The Labute approximate surface area is 86.3 Å². The lowest BCUT2D eigenvalue weighted by atomic mass is 10.00. The van der Waals surface area contributed by atoms with Crippen LogP contribution in [0, 0.1) is 0 Å². The second-order valence-electron chi connectivity index (χ2n) is 3.01. The molecule has 0 heterocycles. The van der Waals surface area contributed by atoms with Crippen molar-refractivity contribution in [2.24, 2.45) is 0 Å². The highest BCUT2D eigenvalue weighted by Gasteiger charge is 2.00. The molecule has 0 atom stereocenters. The predicted molar refractivity (Wildman–Crippen MR) is 61.9 cm³/mol. The van der Waals surface area contributed by atoms with E-state index in [1.54, 1.807) is 6.08 Å². The third kappa shape index (κ3) is 4.14. The van der Waals surface area contributed by atoms with Gasteiger partial charge in [-0.15, -0.1) is 0 Å². The van der Waals surface area contributed by atoms with Gasteiger partial charge in [0.05, 0.1) is 0 Å². The zero-order chi connectivity index (χ0) is 10.4. The van der Waals surface area contributed by atoms with Crippen LogP contribution in [0.4, 0.5) is 0 Å². The Morgan fingerprint density at radius 3 is 2.23 bits per heavy atom. The molecule has 0 N–H and O–H groups in total. The molecule has 0 bridgehead atoms. The van der Waals surface area contributed by atoms with E-state index in [0.29, 0.717) is 0 Å². The smallest absolute Gasteiger partial charge is 0.0156 e. The standard InChI is InChI=1S/C12H17Cl/c1-6-9(3)12(8-11(5)13)10(4)7-2/h6,8H,1,3,7H2,2,4-5H3. The summed E-state index contributed by atoms with van der Waals surface area (Å²) in [6.07, 6.45) is 4.69. The monoisotopic (exact) mass is 196 g/mol. The molecule has 0 aromatic carbocycles. The van der Waals surface area contributed by atoms with E-state index in [1.807, 2.05) is 13.0 Å². The maximum absolute atomic E-state index is 5.83. The van der Waals surface area contributed by atoms with Crippen molar-refractivity contribution in [1.29, 1.82) is 0 Å². The molecule has 0 aromatic rings. The first-order chi connectivity index (χ1) is 6.02. The van der Waals surface area contributed by atoms with Crippen molar-refractivity contribution >= 4 is 11.6 Å². The Balaban J connectivity index is 5.10. The number of hydrogen-bond acceptors (Lipinski definition) is 0. The lowest BCUT2D eigenvalue weighted by molar-refractivity contribution is 1.08. The molecule has 0 amide bonds. The van der Waals surface area contributed by atoms with Gasteiger partial charge >= 0.3 is 0 Å². The van der Waals surface area contributed by atoms with Gasteiger partial charge in [0, 0.05) is 5.03 Å². The van der Waals surface area contributed by atoms with E-state index in [2.05, 4.69) is 27.0 Å². The van der Waals surface area contributed by atoms with Crippen LogP contribution < -0.4 is 0 Å². The molecule has 0 aliphatic rings. The van der Waals surface area contributed by atoms with Crippen molar-refractivity contribution in [3.63, 3.8) is 0 Å². The van der Waals surface area contributed by atoms with E-state index in [9.17, 15) is 0 Å². The van der Waals surface area contributed by atoms with Gasteiger partial charge in [-0.2, -0.15) is 0 Å². The zero-order valence-corrected chi connectivity index (χ0v) is 9.41. The summed E-state index contributed by atoms with van der Waals surface area (Å²) in [6, 6.07) is 0. The fraction of sp³-hybridized carbons (Fsp3) is 0.333. The van der Waals surface area contributed by atoms with Crippen molar-refractivity contribution in [2.45, 2.75) is 27.2 Å². The highest BCUT2D eigenvalue weighted by atomic mass is 35.5. The second kappa shape index (κ2) is 5.82. The topological polar surface area (TPSA) is 0 Å². The van der Waals surface area contributed by atoms with E-state index >= 15 is 0 Å². The maximum atomic E-state index is 5.83. The summed E-state index contributed by atoms with van der Waals surface area (Å²) in [6.45, 7) is 13.7. The average Bonchev–Trinajstić information content (AvgIpc) is 2.11. The summed E-state index contributed by atoms with van der Waals surface area (Å²) in [5, 5.41) is 0.769. The highest BCUT2D eigenvalue weighted by molar-refractivity contribution is 6.29. The third-order valence-corrected chi connectivity index (χ3v) is 2.03. The van der Waals surface area contributed by atoms with E-state index in [0.717, 1.165) is 22.6 Å². The lowest BCUT2D eigenvalue weighted by Crippen LogP contribution is -1.87. The average molecular weight is 197 g/mol. The summed E-state index contributed by atoms with van der Waals surface area (Å²) >= 11 is 5.83. The van der Waals surface area contributed by atoms with Gasteiger partial charge in [-0.05, 0) is 37.5 Å². The molecule has 0 spiro atoms. The molecule has 0 saturated heterocycles. The van der Waals surface area contributed by atoms with Crippen LogP contribution in [0.15, 0.2) is 47.1 Å². The highest BCUT2D eigenvalue weighted by Crippen LogP contribution is 2.20. The Hall–Kier alpha value is -0.750. The predicted octanol–water partition coefficient (Wildman–Crippen LogP) is 4.60. The summed E-state index contributed by atoms with van der Waals surface area (Å²) < 4.78 is 0. The Kier molecular flexibility index (Phi) is 5.48. The van der Waals surface area contributed by atoms with Gasteiger partial charge in [0.25, 0.3) is 0 Å². The SMILES string of the molecule is C=CC(=C)C(C=C(C)Cl)=C(C)CC. The van der Waals surface area contributed by atoms with Gasteiger partial charge in [0.15, 0.2) is 0 Å². The van der Waals surface area contributed by atoms with Crippen LogP contribution in [0.1, 0.15) is 27.2 Å². The van der Waals surface area contributed by atoms with Crippen molar-refractivity contribution in [3.05, 3.63) is 47.1 Å². The van der Waals surface area contributed by atoms with Gasteiger partial charge in [0.1, 0.15) is 0 Å². The minimum absolute atomic E-state index is 0.769. The Morgan fingerprint density at radius 1 is 1.38 bits per heavy atom. The minimum atomic E-state index is 0.769. The molecule has 0 rings (SSSR count). The molecular formula is C12H17Cl. The Bertz CT molecular complexity index is 263. The normalized spacial score (nSPS) is 13.7. The molecule has 0 nitrogen and oxygen atoms in total. The number of hydrogen-bond donors (Lipinski definition) is 0. The fourth-order valence-corrected chi connectivity index (χ4v) is 1.10. The van der Waals surface area contributed by atoms with Gasteiger partial charge in [-0.3, -0.25) is 0 Å². The summed E-state index contributed by atoms with van der Waals surface area (Å²) in [4.78, 5) is 0. The van der Waals surface area contributed by atoms with Gasteiger partial charge in [-0.1, -0.05) is 43.3 Å². The minimum Gasteiger partial charge on any atom is -0.0985 e. The first kappa shape index (κ1) is 12.2. The van der Waals surface area contributed by atoms with Crippen molar-refractivity contribution in [2.75, 3.05) is 0 Å². The molecule has 72 valence electrons. The first-order valence-corrected chi connectivity index (χ1v) is 4.76. The Morgan fingerprint density at radius 2 is 1.92 bits per heavy atom. The van der Waals surface area contributed by atoms with Crippen molar-refractivity contribution in [3.8, 4) is 0 Å². The quantitative estimate of drug-likeness (QED) is 0.577. The van der Waals surface area contributed by atoms with Crippen molar-refractivity contribution in [1.82, 2.24) is 0 Å². The van der Waals surface area contributed by atoms with E-state index in [4.69, 9.17) is 11.6 Å². The van der Waals surface area contributed by atoms with E-state index in [-0.39, 0.29) is 0 Å². The second-order valence-corrected chi connectivity index (χ2v) is 3.60. The largest absolute Gasteiger partial charge is 0.0985 e. The van der Waals surface area contributed by atoms with Gasteiger partial charge < -0.3 is 0 Å². The summed E-state index contributed by atoms with van der Waals surface area (Å²) in [7, 11) is 0. The van der Waals surface area contributed by atoms with Crippen LogP contribution in [0.25, 0.3) is 0 Å². The molecule has 0 saturated carbocycles. The molecule has 0 unspecified atom stereocenters. The summed E-state index contributed by atoms with van der Waals surface area (Å²) in [5.74, 6) is 0. The molecule has 0 radical (unpaired) electrons. The van der Waals surface area contributed by atoms with E-state index in [1.165, 1.54) is 5.57 Å². The number of allylic oxidation sites excluding steroid dienone is 6. The molecule has 0 aliphatic heterocycles. The fourth-order valence-electron chi connectivity index (χ4n) is 0.989. The van der Waals surface area contributed by atoms with Gasteiger partial charge in [0.2, 0.25) is 0 Å². The van der Waals surface area contributed by atoms with Gasteiger partial charge in [-0.25, -0.2) is 0 Å².